The van der Waals surface area contributed by atoms with Gasteiger partial charge in [0.2, 0.25) is 6.29 Å². The number of cyclic esters (lactones) is 1. The first-order chi connectivity index (χ1) is 11.8. The number of hydrogen-bond donors (Lipinski definition) is 3. The maximum Gasteiger partial charge on any atom is 0.342 e. The summed E-state index contributed by atoms with van der Waals surface area (Å²) >= 11 is 0. The van der Waals surface area contributed by atoms with Crippen LogP contribution in [0, 0.1) is 13.8 Å². The Hall–Kier alpha value is -1.87. The Kier molecular flexibility index (Phi) is 4.63. The van der Waals surface area contributed by atoms with Gasteiger partial charge in [0, 0.05) is 11.1 Å². The van der Waals surface area contributed by atoms with Crippen LogP contribution in [0.3, 0.4) is 0 Å². The molecule has 1 saturated heterocycles. The van der Waals surface area contributed by atoms with Gasteiger partial charge < -0.3 is 34.3 Å². The average molecular weight is 354 g/mol. The summed E-state index contributed by atoms with van der Waals surface area (Å²) in [5, 5.41) is 29.9. The van der Waals surface area contributed by atoms with Gasteiger partial charge in [-0.2, -0.15) is 0 Å². The van der Waals surface area contributed by atoms with Crippen molar-refractivity contribution in [2.75, 3.05) is 7.11 Å². The molecular weight excluding hydrogens is 332 g/mol. The van der Waals surface area contributed by atoms with Gasteiger partial charge in [-0.3, -0.25) is 0 Å². The van der Waals surface area contributed by atoms with E-state index < -0.39 is 36.7 Å². The number of rotatable bonds is 3. The van der Waals surface area contributed by atoms with Crippen molar-refractivity contribution in [2.45, 2.75) is 58.1 Å². The lowest BCUT2D eigenvalue weighted by Crippen LogP contribution is -2.58. The predicted molar refractivity (Wildman–Crippen MR) is 84.6 cm³/mol. The molecule has 5 atom stereocenters. The zero-order valence-electron chi connectivity index (χ0n) is 14.5. The second-order valence-corrected chi connectivity index (χ2v) is 6.34. The van der Waals surface area contributed by atoms with Gasteiger partial charge in [0.1, 0.15) is 42.0 Å². The molecular formula is C17H22O8. The normalized spacial score (nSPS) is 31.5. The summed E-state index contributed by atoms with van der Waals surface area (Å²) in [6, 6.07) is 0. The van der Waals surface area contributed by atoms with Gasteiger partial charge in [0.15, 0.2) is 0 Å². The van der Waals surface area contributed by atoms with E-state index in [4.69, 9.17) is 18.9 Å². The molecule has 0 bridgehead atoms. The number of esters is 1. The molecule has 8 heteroatoms. The molecule has 0 saturated carbocycles. The van der Waals surface area contributed by atoms with E-state index in [0.717, 1.165) is 5.56 Å². The minimum absolute atomic E-state index is 0.110. The highest BCUT2D eigenvalue weighted by Gasteiger charge is 2.44. The van der Waals surface area contributed by atoms with Crippen LogP contribution in [0.1, 0.15) is 34.0 Å². The van der Waals surface area contributed by atoms with E-state index in [2.05, 4.69) is 0 Å². The number of hydrogen-bond acceptors (Lipinski definition) is 8. The first-order valence-electron chi connectivity index (χ1n) is 8.01. The largest absolute Gasteiger partial charge is 0.496 e. The van der Waals surface area contributed by atoms with E-state index in [-0.39, 0.29) is 17.9 Å². The number of ether oxygens (including phenoxy) is 4. The average Bonchev–Trinajstić information content (AvgIpc) is 2.96. The van der Waals surface area contributed by atoms with Crippen molar-refractivity contribution < 1.29 is 39.1 Å². The first-order valence-corrected chi connectivity index (χ1v) is 8.01. The summed E-state index contributed by atoms with van der Waals surface area (Å²) in [5.74, 6) is 0.198. The molecule has 0 aliphatic carbocycles. The molecule has 1 fully saturated rings. The molecule has 2 heterocycles. The summed E-state index contributed by atoms with van der Waals surface area (Å²) in [6.45, 7) is 5.21. The molecule has 0 aromatic heterocycles. The molecule has 0 radical (unpaired) electrons. The SMILES string of the molecule is COc1c(C)c2c(c(OC3OC(C)C(O)C(O)C3O)c1C)C(=O)OC2. The van der Waals surface area contributed by atoms with Crippen LogP contribution in [0.15, 0.2) is 0 Å². The molecule has 138 valence electrons. The van der Waals surface area contributed by atoms with Crippen LogP contribution in [0.4, 0.5) is 0 Å². The number of aliphatic hydroxyl groups excluding tert-OH is 3. The lowest BCUT2D eigenvalue weighted by atomic mass is 9.97. The molecule has 25 heavy (non-hydrogen) atoms. The highest BCUT2D eigenvalue weighted by molar-refractivity contribution is 5.98. The molecule has 8 nitrogen and oxygen atoms in total. The third kappa shape index (κ3) is 2.75. The lowest BCUT2D eigenvalue weighted by Gasteiger charge is -2.39. The van der Waals surface area contributed by atoms with E-state index in [1.165, 1.54) is 7.11 Å². The molecule has 1 aromatic rings. The maximum atomic E-state index is 12.2. The lowest BCUT2D eigenvalue weighted by molar-refractivity contribution is -0.268. The summed E-state index contributed by atoms with van der Waals surface area (Å²) in [6.07, 6.45) is -6.15. The number of fused-ring (bicyclic) bond motifs is 1. The highest BCUT2D eigenvalue weighted by Crippen LogP contribution is 2.42. The summed E-state index contributed by atoms with van der Waals surface area (Å²) in [5.41, 5.74) is 2.25. The smallest absolute Gasteiger partial charge is 0.342 e. The number of methoxy groups -OCH3 is 1. The maximum absolute atomic E-state index is 12.2. The Labute approximate surface area is 144 Å². The Morgan fingerprint density at radius 3 is 2.36 bits per heavy atom. The van der Waals surface area contributed by atoms with Gasteiger partial charge in [0.05, 0.1) is 13.2 Å². The minimum atomic E-state index is -1.48. The number of benzene rings is 1. The van der Waals surface area contributed by atoms with Crippen molar-refractivity contribution in [1.29, 1.82) is 0 Å². The number of aliphatic hydroxyl groups is 3. The van der Waals surface area contributed by atoms with E-state index in [1.54, 1.807) is 13.8 Å². The topological polar surface area (TPSA) is 115 Å². The van der Waals surface area contributed by atoms with Crippen molar-refractivity contribution in [2.24, 2.45) is 0 Å². The van der Waals surface area contributed by atoms with Crippen molar-refractivity contribution in [1.82, 2.24) is 0 Å². The molecule has 1 aromatic carbocycles. The van der Waals surface area contributed by atoms with Crippen LogP contribution in [-0.2, 0) is 16.1 Å². The monoisotopic (exact) mass is 354 g/mol. The second-order valence-electron chi connectivity index (χ2n) is 6.34. The number of carbonyl (C=O) groups excluding carboxylic acids is 1. The van der Waals surface area contributed by atoms with Gasteiger partial charge in [0.25, 0.3) is 0 Å². The van der Waals surface area contributed by atoms with Crippen LogP contribution in [0.25, 0.3) is 0 Å². The van der Waals surface area contributed by atoms with Crippen molar-refractivity contribution in [3.8, 4) is 11.5 Å². The van der Waals surface area contributed by atoms with E-state index >= 15 is 0 Å². The molecule has 0 spiro atoms. The fourth-order valence-electron chi connectivity index (χ4n) is 3.32. The van der Waals surface area contributed by atoms with E-state index in [0.29, 0.717) is 16.9 Å². The Balaban J connectivity index is 2.03. The summed E-state index contributed by atoms with van der Waals surface area (Å²) in [7, 11) is 1.51. The van der Waals surface area contributed by atoms with Crippen LogP contribution < -0.4 is 9.47 Å². The van der Waals surface area contributed by atoms with Crippen LogP contribution >= 0.6 is 0 Å². The Morgan fingerprint density at radius 2 is 1.72 bits per heavy atom. The van der Waals surface area contributed by atoms with Gasteiger partial charge in [-0.15, -0.1) is 0 Å². The molecule has 2 aliphatic heterocycles. The molecule has 0 amide bonds. The van der Waals surface area contributed by atoms with Crippen molar-refractivity contribution in [3.63, 3.8) is 0 Å². The van der Waals surface area contributed by atoms with Gasteiger partial charge in [-0.05, 0) is 26.3 Å². The zero-order valence-corrected chi connectivity index (χ0v) is 14.5. The second kappa shape index (κ2) is 6.45. The van der Waals surface area contributed by atoms with E-state index in [1.807, 2.05) is 6.92 Å². The quantitative estimate of drug-likeness (QED) is 0.659. The van der Waals surface area contributed by atoms with Gasteiger partial charge in [-0.1, -0.05) is 0 Å². The summed E-state index contributed by atoms with van der Waals surface area (Å²) < 4.78 is 21.8. The fraction of sp³-hybridized carbons (Fsp3) is 0.588. The van der Waals surface area contributed by atoms with E-state index in [9.17, 15) is 20.1 Å². The minimum Gasteiger partial charge on any atom is -0.496 e. The van der Waals surface area contributed by atoms with Crippen molar-refractivity contribution in [3.05, 3.63) is 22.3 Å². The molecule has 3 N–H and O–H groups in total. The van der Waals surface area contributed by atoms with Crippen LogP contribution in [0.5, 0.6) is 11.5 Å². The molecule has 2 aliphatic rings. The molecule has 5 unspecified atom stereocenters. The predicted octanol–water partition coefficient (Wildman–Crippen LogP) is 0.189. The zero-order chi connectivity index (χ0) is 18.5. The van der Waals surface area contributed by atoms with Gasteiger partial charge in [-0.25, -0.2) is 4.79 Å². The standard InChI is InChI=1S/C17H22O8/c1-6-9-5-23-16(21)10(9)15(7(2)14(6)22-4)25-17-13(20)12(19)11(18)8(3)24-17/h8,11-13,17-20H,5H2,1-4H3. The van der Waals surface area contributed by atoms with Gasteiger partial charge >= 0.3 is 5.97 Å². The van der Waals surface area contributed by atoms with Crippen LogP contribution in [-0.4, -0.2) is 59.1 Å². The first kappa shape index (κ1) is 17.9. The third-order valence-corrected chi connectivity index (χ3v) is 4.80. The highest BCUT2D eigenvalue weighted by atomic mass is 16.7. The van der Waals surface area contributed by atoms with Crippen molar-refractivity contribution >= 4 is 5.97 Å². The number of carbonyl (C=O) groups is 1. The molecule has 3 rings (SSSR count). The Bertz CT molecular complexity index is 701. The Morgan fingerprint density at radius 1 is 1.04 bits per heavy atom. The fourth-order valence-corrected chi connectivity index (χ4v) is 3.32. The summed E-state index contributed by atoms with van der Waals surface area (Å²) in [4.78, 5) is 12.2. The van der Waals surface area contributed by atoms with Crippen LogP contribution in [0.2, 0.25) is 0 Å². The third-order valence-electron chi connectivity index (χ3n) is 4.80.